The molecule has 0 fully saturated rings. The van der Waals surface area contributed by atoms with Crippen LogP contribution in [0.1, 0.15) is 38.4 Å². The fourth-order valence-electron chi connectivity index (χ4n) is 3.60. The number of carbonyl (C=O) groups excluding carboxylic acids is 1. The summed E-state index contributed by atoms with van der Waals surface area (Å²) < 4.78 is 90.1. The second-order valence-electron chi connectivity index (χ2n) is 7.27. The van der Waals surface area contributed by atoms with Crippen LogP contribution in [0.4, 0.5) is 8.78 Å². The standard InChI is InChI=1S/C20H21ClF2N2O7S2/c1-3-7-33(27,28)32-20-14(10-24-25(20)4-2)13-9-15(23)19-17(18(13)21)16(31-6-5-22)8-12(11-26)34(19,29)30/h9-10,16H,3-8H2,1-2H3. The molecule has 186 valence electrons. The number of sulfone groups is 1. The Labute approximate surface area is 200 Å². The highest BCUT2D eigenvalue weighted by Crippen LogP contribution is 2.48. The summed E-state index contributed by atoms with van der Waals surface area (Å²) in [5.41, 5.74) is -0.427. The molecule has 1 unspecified atom stereocenters. The number of hydrogen-bond acceptors (Lipinski definition) is 8. The van der Waals surface area contributed by atoms with E-state index in [2.05, 4.69) is 5.10 Å². The maximum atomic E-state index is 15.3. The summed E-state index contributed by atoms with van der Waals surface area (Å²) >= 11 is 6.53. The number of benzene rings is 1. The molecular formula is C20H21ClF2N2O7S2. The van der Waals surface area contributed by atoms with Gasteiger partial charge in [0.15, 0.2) is 0 Å². The predicted octanol–water partition coefficient (Wildman–Crippen LogP) is 3.40. The number of nitrogens with zero attached hydrogens (tertiary/aromatic N) is 2. The molecule has 0 N–H and O–H groups in total. The van der Waals surface area contributed by atoms with Gasteiger partial charge < -0.3 is 8.92 Å². The van der Waals surface area contributed by atoms with Gasteiger partial charge in [-0.3, -0.25) is 0 Å². The number of alkyl halides is 1. The molecule has 14 heteroatoms. The molecule has 0 radical (unpaired) electrons. The fraction of sp³-hybridized carbons (Fsp3) is 0.450. The van der Waals surface area contributed by atoms with E-state index in [1.54, 1.807) is 13.8 Å². The number of aromatic nitrogens is 2. The first-order valence-corrected chi connectivity index (χ1v) is 13.6. The third-order valence-electron chi connectivity index (χ3n) is 5.04. The van der Waals surface area contributed by atoms with Crippen molar-refractivity contribution < 1.29 is 39.3 Å². The van der Waals surface area contributed by atoms with Gasteiger partial charge >= 0.3 is 10.1 Å². The SMILES string of the molecule is CCCS(=O)(=O)Oc1c(-c2cc(F)c3c(c2Cl)C(OCCF)CC(=C=O)S3(=O)=O)cnn1CC. The topological polar surface area (TPSA) is 122 Å². The number of rotatable bonds is 9. The van der Waals surface area contributed by atoms with Crippen molar-refractivity contribution in [1.29, 1.82) is 0 Å². The molecular weight excluding hydrogens is 518 g/mol. The van der Waals surface area contributed by atoms with Crippen LogP contribution < -0.4 is 4.18 Å². The number of halogens is 3. The minimum atomic E-state index is -4.58. The van der Waals surface area contributed by atoms with Gasteiger partial charge in [0.1, 0.15) is 28.2 Å². The minimum absolute atomic E-state index is 0.00778. The van der Waals surface area contributed by atoms with Crippen LogP contribution in [0, 0.1) is 5.82 Å². The molecule has 0 saturated heterocycles. The van der Waals surface area contributed by atoms with Crippen LogP contribution in [0.5, 0.6) is 5.88 Å². The van der Waals surface area contributed by atoms with Crippen LogP contribution in [0.15, 0.2) is 22.1 Å². The van der Waals surface area contributed by atoms with Gasteiger partial charge in [0.25, 0.3) is 0 Å². The van der Waals surface area contributed by atoms with Gasteiger partial charge in [-0.05, 0) is 19.4 Å². The van der Waals surface area contributed by atoms with Gasteiger partial charge in [-0.2, -0.15) is 13.5 Å². The molecule has 0 aliphatic carbocycles. The molecule has 0 amide bonds. The Balaban J connectivity index is 2.30. The Bertz CT molecular complexity index is 1370. The minimum Gasteiger partial charge on any atom is -0.370 e. The lowest BCUT2D eigenvalue weighted by atomic mass is 9.99. The molecule has 34 heavy (non-hydrogen) atoms. The third kappa shape index (κ3) is 4.76. The van der Waals surface area contributed by atoms with E-state index in [-0.39, 0.29) is 46.3 Å². The van der Waals surface area contributed by atoms with Crippen molar-refractivity contribution in [3.8, 4) is 17.0 Å². The van der Waals surface area contributed by atoms with Crippen molar-refractivity contribution in [3.05, 3.63) is 33.6 Å². The van der Waals surface area contributed by atoms with Gasteiger partial charge in [-0.1, -0.05) is 18.5 Å². The maximum absolute atomic E-state index is 15.3. The highest BCUT2D eigenvalue weighted by Gasteiger charge is 2.41. The highest BCUT2D eigenvalue weighted by atomic mass is 35.5. The molecule has 1 aliphatic rings. The second-order valence-corrected chi connectivity index (χ2v) is 11.2. The Hall–Kier alpha value is -2.31. The van der Waals surface area contributed by atoms with Crippen LogP contribution in [-0.4, -0.2) is 51.6 Å². The van der Waals surface area contributed by atoms with Crippen molar-refractivity contribution in [1.82, 2.24) is 9.78 Å². The van der Waals surface area contributed by atoms with Crippen molar-refractivity contribution in [2.75, 3.05) is 19.0 Å². The molecule has 0 bridgehead atoms. The lowest BCUT2D eigenvalue weighted by molar-refractivity contribution is 0.0418. The van der Waals surface area contributed by atoms with E-state index in [1.807, 2.05) is 0 Å². The summed E-state index contributed by atoms with van der Waals surface area (Å²) in [6, 6.07) is 0.787. The summed E-state index contributed by atoms with van der Waals surface area (Å²) in [4.78, 5) is 9.62. The number of aryl methyl sites for hydroxylation is 1. The monoisotopic (exact) mass is 538 g/mol. The Morgan fingerprint density at radius 2 is 2.03 bits per heavy atom. The number of fused-ring (bicyclic) bond motifs is 1. The summed E-state index contributed by atoms with van der Waals surface area (Å²) in [7, 11) is -8.59. The molecule has 1 aromatic carbocycles. The van der Waals surface area contributed by atoms with E-state index in [9.17, 15) is 26.0 Å². The quantitative estimate of drug-likeness (QED) is 0.352. The molecule has 2 aromatic rings. The molecule has 1 atom stereocenters. The van der Waals surface area contributed by atoms with Crippen LogP contribution in [0.3, 0.4) is 0 Å². The van der Waals surface area contributed by atoms with E-state index in [0.29, 0.717) is 0 Å². The van der Waals surface area contributed by atoms with Crippen molar-refractivity contribution in [2.24, 2.45) is 0 Å². The Morgan fingerprint density at radius 1 is 1.32 bits per heavy atom. The predicted molar refractivity (Wildman–Crippen MR) is 119 cm³/mol. The fourth-order valence-corrected chi connectivity index (χ4v) is 6.59. The van der Waals surface area contributed by atoms with E-state index < -0.39 is 61.4 Å². The Kier molecular flexibility index (Phi) is 7.83. The van der Waals surface area contributed by atoms with E-state index in [1.165, 1.54) is 16.8 Å². The summed E-state index contributed by atoms with van der Waals surface area (Å²) in [5, 5.41) is 3.76. The lowest BCUT2D eigenvalue weighted by Gasteiger charge is -2.28. The lowest BCUT2D eigenvalue weighted by Crippen LogP contribution is -2.24. The maximum Gasteiger partial charge on any atom is 0.310 e. The van der Waals surface area contributed by atoms with Crippen molar-refractivity contribution in [2.45, 2.75) is 44.2 Å². The number of ether oxygens (including phenoxy) is 1. The second kappa shape index (κ2) is 10.1. The normalized spacial score (nSPS) is 17.3. The zero-order valence-corrected chi connectivity index (χ0v) is 20.6. The molecule has 1 aromatic heterocycles. The van der Waals surface area contributed by atoms with Crippen molar-refractivity contribution >= 4 is 37.5 Å². The summed E-state index contributed by atoms with van der Waals surface area (Å²) in [5.74, 6) is -0.491. The van der Waals surface area contributed by atoms with Gasteiger partial charge in [0.2, 0.25) is 15.7 Å². The number of hydrogen-bond donors (Lipinski definition) is 0. The molecule has 0 saturated carbocycles. The van der Waals surface area contributed by atoms with E-state index in [4.69, 9.17) is 20.5 Å². The van der Waals surface area contributed by atoms with Crippen molar-refractivity contribution in [3.63, 3.8) is 0 Å². The van der Waals surface area contributed by atoms with E-state index in [0.717, 1.165) is 6.07 Å². The highest BCUT2D eigenvalue weighted by molar-refractivity contribution is 7.95. The summed E-state index contributed by atoms with van der Waals surface area (Å²) in [6.45, 7) is 2.14. The zero-order valence-electron chi connectivity index (χ0n) is 18.2. The first-order chi connectivity index (χ1) is 16.0. The summed E-state index contributed by atoms with van der Waals surface area (Å²) in [6.07, 6.45) is -0.297. The molecule has 1 aliphatic heterocycles. The Morgan fingerprint density at radius 3 is 2.62 bits per heavy atom. The zero-order chi connectivity index (χ0) is 25.3. The van der Waals surface area contributed by atoms with Gasteiger partial charge in [0, 0.05) is 24.1 Å². The molecule has 0 spiro atoms. The van der Waals surface area contributed by atoms with Crippen LogP contribution in [0.2, 0.25) is 5.02 Å². The van der Waals surface area contributed by atoms with Crippen LogP contribution in [-0.2, 0) is 36.0 Å². The average Bonchev–Trinajstić information content (AvgIpc) is 3.16. The first kappa shape index (κ1) is 26.3. The van der Waals surface area contributed by atoms with Gasteiger partial charge in [0.05, 0.1) is 35.2 Å². The first-order valence-electron chi connectivity index (χ1n) is 10.2. The largest absolute Gasteiger partial charge is 0.370 e. The molecule has 2 heterocycles. The average molecular weight is 539 g/mol. The smallest absolute Gasteiger partial charge is 0.310 e. The van der Waals surface area contributed by atoms with Crippen LogP contribution in [0.25, 0.3) is 11.1 Å². The van der Waals surface area contributed by atoms with E-state index >= 15 is 4.39 Å². The third-order valence-corrected chi connectivity index (χ3v) is 8.62. The van der Waals surface area contributed by atoms with Gasteiger partial charge in [-0.25, -0.2) is 26.7 Å². The molecule has 9 nitrogen and oxygen atoms in total. The molecule has 3 rings (SSSR count). The van der Waals surface area contributed by atoms with Gasteiger partial charge in [-0.15, -0.1) is 0 Å². The van der Waals surface area contributed by atoms with Crippen LogP contribution >= 0.6 is 11.6 Å².